The van der Waals surface area contributed by atoms with Crippen LogP contribution in [-0.4, -0.2) is 32.7 Å². The minimum atomic E-state index is -4.62. The Labute approximate surface area is 189 Å². The molecule has 1 amide bonds. The molecule has 0 saturated heterocycles. The normalized spacial score (nSPS) is 12.5. The molecule has 12 heteroatoms. The van der Waals surface area contributed by atoms with E-state index in [1.54, 1.807) is 0 Å². The van der Waals surface area contributed by atoms with Gasteiger partial charge in [0.2, 0.25) is 29.8 Å². The van der Waals surface area contributed by atoms with E-state index in [2.05, 4.69) is 5.32 Å². The monoisotopic (exact) mass is 479 g/mol. The second-order valence-electron chi connectivity index (χ2n) is 7.04. The molecule has 1 aromatic heterocycles. The maximum atomic E-state index is 12.9. The van der Waals surface area contributed by atoms with Crippen LogP contribution in [0.2, 0.25) is 0 Å². The number of alkyl halides is 3. The minimum absolute atomic E-state index is 0.0202. The number of ketones is 1. The average molecular weight is 479 g/mol. The third-order valence-electron chi connectivity index (χ3n) is 4.90. The van der Waals surface area contributed by atoms with Gasteiger partial charge in [0.25, 0.3) is 5.91 Å². The molecular formula is C22H16F3NO8. The molecule has 0 bridgehead atoms. The van der Waals surface area contributed by atoms with Crippen molar-refractivity contribution in [3.8, 4) is 23.0 Å². The molecule has 1 aliphatic rings. The summed E-state index contributed by atoms with van der Waals surface area (Å²) >= 11 is 0. The van der Waals surface area contributed by atoms with Gasteiger partial charge in [-0.15, -0.1) is 0 Å². The highest BCUT2D eigenvalue weighted by molar-refractivity contribution is 6.41. The molecule has 0 spiro atoms. The Balaban J connectivity index is 1.64. The fourth-order valence-electron chi connectivity index (χ4n) is 3.43. The molecule has 2 heterocycles. The van der Waals surface area contributed by atoms with Crippen molar-refractivity contribution in [3.63, 3.8) is 0 Å². The molecule has 0 unspecified atom stereocenters. The van der Waals surface area contributed by atoms with E-state index in [4.69, 9.17) is 23.4 Å². The Morgan fingerprint density at radius 1 is 1.06 bits per heavy atom. The number of rotatable bonds is 6. The lowest BCUT2D eigenvalue weighted by molar-refractivity contribution is -0.137. The van der Waals surface area contributed by atoms with Gasteiger partial charge in [-0.05, 0) is 18.2 Å². The molecule has 178 valence electrons. The SMILES string of the molecule is COc1c2c(c(OC)c3c(=O)cc(CC(=O)C(=O)Nc4cccc(C(F)(F)F)c4)oc13)OCO2. The van der Waals surface area contributed by atoms with Crippen molar-refractivity contribution in [3.05, 3.63) is 51.9 Å². The Hall–Kier alpha value is -4.22. The van der Waals surface area contributed by atoms with E-state index >= 15 is 0 Å². The first-order valence-electron chi connectivity index (χ1n) is 9.65. The van der Waals surface area contributed by atoms with Gasteiger partial charge in [0.1, 0.15) is 11.1 Å². The van der Waals surface area contributed by atoms with Crippen molar-refractivity contribution in [1.29, 1.82) is 0 Å². The lowest BCUT2D eigenvalue weighted by atomic mass is 10.1. The number of hydrogen-bond donors (Lipinski definition) is 1. The van der Waals surface area contributed by atoms with Crippen molar-refractivity contribution >= 4 is 28.3 Å². The number of methoxy groups -OCH3 is 2. The number of carbonyl (C=O) groups is 2. The molecule has 0 radical (unpaired) electrons. The van der Waals surface area contributed by atoms with E-state index in [0.717, 1.165) is 18.2 Å². The first kappa shape index (κ1) is 23.0. The first-order chi connectivity index (χ1) is 16.1. The average Bonchev–Trinajstić information content (AvgIpc) is 3.26. The summed E-state index contributed by atoms with van der Waals surface area (Å²) in [4.78, 5) is 37.5. The second-order valence-corrected chi connectivity index (χ2v) is 7.04. The molecule has 1 aliphatic heterocycles. The van der Waals surface area contributed by atoms with Crippen LogP contribution in [0.15, 0.2) is 39.5 Å². The van der Waals surface area contributed by atoms with E-state index in [1.807, 2.05) is 0 Å². The van der Waals surface area contributed by atoms with Gasteiger partial charge in [0, 0.05) is 11.8 Å². The molecule has 9 nitrogen and oxygen atoms in total. The van der Waals surface area contributed by atoms with E-state index in [9.17, 15) is 27.6 Å². The van der Waals surface area contributed by atoms with Crippen LogP contribution in [0, 0.1) is 0 Å². The predicted octanol–water partition coefficient (Wildman–Crippen LogP) is 3.31. The van der Waals surface area contributed by atoms with Crippen LogP contribution >= 0.6 is 0 Å². The lowest BCUT2D eigenvalue weighted by Crippen LogP contribution is -2.25. The zero-order valence-corrected chi connectivity index (χ0v) is 17.7. The largest absolute Gasteiger partial charge is 0.492 e. The van der Waals surface area contributed by atoms with Crippen molar-refractivity contribution < 1.29 is 46.1 Å². The van der Waals surface area contributed by atoms with Gasteiger partial charge in [-0.25, -0.2) is 0 Å². The number of halogens is 3. The molecule has 2 aromatic carbocycles. The summed E-state index contributed by atoms with van der Waals surface area (Å²) in [6.45, 7) is -0.145. The number of Topliss-reactive ketones (excluding diaryl/α,β-unsaturated/α-hetero) is 1. The van der Waals surface area contributed by atoms with E-state index < -0.39 is 35.3 Å². The second kappa shape index (κ2) is 8.61. The summed E-state index contributed by atoms with van der Waals surface area (Å²) in [5.74, 6) is -2.03. The molecule has 0 atom stereocenters. The van der Waals surface area contributed by atoms with Gasteiger partial charge in [-0.3, -0.25) is 14.4 Å². The maximum absolute atomic E-state index is 12.9. The number of amides is 1. The zero-order chi connectivity index (χ0) is 24.6. The summed E-state index contributed by atoms with van der Waals surface area (Å²) in [7, 11) is 2.63. The summed E-state index contributed by atoms with van der Waals surface area (Å²) in [6, 6.07) is 4.82. The number of ether oxygens (including phenoxy) is 4. The van der Waals surface area contributed by atoms with E-state index in [1.165, 1.54) is 20.3 Å². The van der Waals surface area contributed by atoms with Crippen molar-refractivity contribution in [2.24, 2.45) is 0 Å². The maximum Gasteiger partial charge on any atom is 0.416 e. The van der Waals surface area contributed by atoms with Gasteiger partial charge in [0.05, 0.1) is 26.2 Å². The Kier molecular flexibility index (Phi) is 5.82. The highest BCUT2D eigenvalue weighted by Crippen LogP contribution is 2.52. The van der Waals surface area contributed by atoms with Gasteiger partial charge in [-0.1, -0.05) is 6.07 Å². The van der Waals surface area contributed by atoms with Crippen LogP contribution in [0.3, 0.4) is 0 Å². The zero-order valence-electron chi connectivity index (χ0n) is 17.7. The number of hydrogen-bond acceptors (Lipinski definition) is 8. The highest BCUT2D eigenvalue weighted by Gasteiger charge is 2.32. The third kappa shape index (κ3) is 4.09. The standard InChI is InChI=1S/C22H16F3NO8/c1-30-16-15-13(27)7-12(34-17(15)18(31-2)20-19(16)32-9-33-20)8-14(28)21(29)26-11-5-3-4-10(6-11)22(23,24)25/h3-7H,8-9H2,1-2H3,(H,26,29). The summed E-state index contributed by atoms with van der Waals surface area (Å²) in [6.07, 6.45) is -5.26. The van der Waals surface area contributed by atoms with Crippen molar-refractivity contribution in [2.75, 3.05) is 26.3 Å². The number of fused-ring (bicyclic) bond motifs is 2. The summed E-state index contributed by atoms with van der Waals surface area (Å²) in [5.41, 5.74) is -1.89. The van der Waals surface area contributed by atoms with Gasteiger partial charge in [-0.2, -0.15) is 13.2 Å². The third-order valence-corrected chi connectivity index (χ3v) is 4.90. The highest BCUT2D eigenvalue weighted by atomic mass is 19.4. The van der Waals surface area contributed by atoms with Crippen molar-refractivity contribution in [1.82, 2.24) is 0 Å². The Morgan fingerprint density at radius 3 is 2.38 bits per heavy atom. The van der Waals surface area contributed by atoms with Crippen LogP contribution in [0.4, 0.5) is 18.9 Å². The van der Waals surface area contributed by atoms with Gasteiger partial charge < -0.3 is 28.7 Å². The molecule has 3 aromatic rings. The molecule has 34 heavy (non-hydrogen) atoms. The van der Waals surface area contributed by atoms with Gasteiger partial charge in [0.15, 0.2) is 16.8 Å². The van der Waals surface area contributed by atoms with Crippen LogP contribution < -0.4 is 29.7 Å². The van der Waals surface area contributed by atoms with E-state index in [-0.39, 0.29) is 52.2 Å². The smallest absolute Gasteiger partial charge is 0.416 e. The van der Waals surface area contributed by atoms with Crippen molar-refractivity contribution in [2.45, 2.75) is 12.6 Å². The topological polar surface area (TPSA) is 113 Å². The quantitative estimate of drug-likeness (QED) is 0.536. The predicted molar refractivity (Wildman–Crippen MR) is 110 cm³/mol. The first-order valence-corrected chi connectivity index (χ1v) is 9.65. The minimum Gasteiger partial charge on any atom is -0.492 e. The molecule has 4 rings (SSSR count). The molecule has 0 saturated carbocycles. The van der Waals surface area contributed by atoms with Crippen LogP contribution in [0.1, 0.15) is 11.3 Å². The van der Waals surface area contributed by atoms with Gasteiger partial charge >= 0.3 is 6.18 Å². The fourth-order valence-corrected chi connectivity index (χ4v) is 3.43. The molecule has 0 aliphatic carbocycles. The number of anilines is 1. The molecular weight excluding hydrogens is 463 g/mol. The van der Waals surface area contributed by atoms with Crippen LogP contribution in [-0.2, 0) is 22.2 Å². The Morgan fingerprint density at radius 2 is 1.74 bits per heavy atom. The lowest BCUT2D eigenvalue weighted by Gasteiger charge is -2.13. The molecule has 0 fully saturated rings. The number of carbonyl (C=O) groups excluding carboxylic acids is 2. The Bertz CT molecular complexity index is 1360. The number of nitrogens with one attached hydrogen (secondary N) is 1. The summed E-state index contributed by atoms with van der Waals surface area (Å²) in [5, 5.41) is 2.09. The van der Waals surface area contributed by atoms with E-state index in [0.29, 0.717) is 6.07 Å². The number of benzene rings is 2. The molecule has 1 N–H and O–H groups in total. The summed E-state index contributed by atoms with van der Waals surface area (Å²) < 4.78 is 65.6. The van der Waals surface area contributed by atoms with Crippen LogP contribution in [0.5, 0.6) is 23.0 Å². The van der Waals surface area contributed by atoms with Crippen LogP contribution in [0.25, 0.3) is 11.0 Å². The fraction of sp³-hybridized carbons (Fsp3) is 0.227.